The van der Waals surface area contributed by atoms with E-state index in [1.165, 1.54) is 12.8 Å². The average Bonchev–Trinajstić information content (AvgIpc) is 3.27. The Morgan fingerprint density at radius 2 is 2.22 bits per heavy atom. The second-order valence-electron chi connectivity index (χ2n) is 5.48. The SMILES string of the molecule is C=CCO/N=C(\Cn1ccnc1)c1ccc(C#CC2CC2)cc1. The molecule has 1 fully saturated rings. The summed E-state index contributed by atoms with van der Waals surface area (Å²) in [5.74, 6) is 7.10. The number of imidazole rings is 1. The molecule has 1 heterocycles. The van der Waals surface area contributed by atoms with Crippen LogP contribution in [0.1, 0.15) is 24.0 Å². The normalized spacial score (nSPS) is 14.0. The van der Waals surface area contributed by atoms with Gasteiger partial charge in [0, 0.05) is 29.4 Å². The second-order valence-corrected chi connectivity index (χ2v) is 5.48. The van der Waals surface area contributed by atoms with E-state index in [-0.39, 0.29) is 0 Å². The summed E-state index contributed by atoms with van der Waals surface area (Å²) in [6, 6.07) is 8.12. The van der Waals surface area contributed by atoms with Gasteiger partial charge in [-0.15, -0.1) is 0 Å². The third-order valence-corrected chi connectivity index (χ3v) is 3.47. The molecule has 0 spiro atoms. The molecule has 0 atom stereocenters. The number of hydrogen-bond acceptors (Lipinski definition) is 3. The third-order valence-electron chi connectivity index (χ3n) is 3.47. The molecule has 0 saturated heterocycles. The van der Waals surface area contributed by atoms with E-state index in [1.807, 2.05) is 35.0 Å². The lowest BCUT2D eigenvalue weighted by Gasteiger charge is -2.07. The van der Waals surface area contributed by atoms with Gasteiger partial charge in [0.25, 0.3) is 0 Å². The Kier molecular flexibility index (Phi) is 4.90. The second kappa shape index (κ2) is 7.46. The van der Waals surface area contributed by atoms with Crippen LogP contribution in [0.25, 0.3) is 0 Å². The summed E-state index contributed by atoms with van der Waals surface area (Å²) >= 11 is 0. The fourth-order valence-electron chi connectivity index (χ4n) is 2.05. The molecular formula is C19H19N3O. The van der Waals surface area contributed by atoms with Crippen molar-refractivity contribution in [2.75, 3.05) is 6.61 Å². The Balaban J connectivity index is 1.76. The topological polar surface area (TPSA) is 39.4 Å². The molecule has 0 aliphatic heterocycles. The summed E-state index contributed by atoms with van der Waals surface area (Å²) in [5.41, 5.74) is 2.89. The van der Waals surface area contributed by atoms with Crippen molar-refractivity contribution in [1.29, 1.82) is 0 Å². The Morgan fingerprint density at radius 3 is 2.87 bits per heavy atom. The van der Waals surface area contributed by atoms with E-state index in [1.54, 1.807) is 18.6 Å². The fourth-order valence-corrected chi connectivity index (χ4v) is 2.05. The number of benzene rings is 1. The van der Waals surface area contributed by atoms with Gasteiger partial charge in [-0.3, -0.25) is 0 Å². The number of rotatable bonds is 6. The van der Waals surface area contributed by atoms with Crippen molar-refractivity contribution in [2.24, 2.45) is 11.1 Å². The Labute approximate surface area is 136 Å². The molecule has 4 heteroatoms. The van der Waals surface area contributed by atoms with Gasteiger partial charge in [0.05, 0.1) is 12.9 Å². The van der Waals surface area contributed by atoms with Crippen LogP contribution >= 0.6 is 0 Å². The van der Waals surface area contributed by atoms with E-state index >= 15 is 0 Å². The van der Waals surface area contributed by atoms with Crippen LogP contribution in [0.5, 0.6) is 0 Å². The van der Waals surface area contributed by atoms with Gasteiger partial charge in [-0.05, 0) is 25.0 Å². The van der Waals surface area contributed by atoms with Crippen LogP contribution in [0.2, 0.25) is 0 Å². The quantitative estimate of drug-likeness (QED) is 0.270. The van der Waals surface area contributed by atoms with Crippen molar-refractivity contribution in [3.05, 3.63) is 66.8 Å². The standard InChI is InChI=1S/C19H19N3O/c1-2-13-23-21-19(14-22-12-11-20-15-22)18-9-7-17(8-10-18)6-5-16-3-4-16/h2,7-12,15-16H,1,3-4,13-14H2/b21-19+. The molecule has 0 bridgehead atoms. The van der Waals surface area contributed by atoms with Crippen molar-refractivity contribution >= 4 is 5.71 Å². The summed E-state index contributed by atoms with van der Waals surface area (Å²) in [7, 11) is 0. The minimum Gasteiger partial charge on any atom is -0.391 e. The molecule has 0 unspecified atom stereocenters. The zero-order valence-electron chi connectivity index (χ0n) is 13.0. The average molecular weight is 305 g/mol. The van der Waals surface area contributed by atoms with Crippen LogP contribution in [0.15, 0.2) is 60.8 Å². The Bertz CT molecular complexity index is 729. The van der Waals surface area contributed by atoms with Crippen molar-refractivity contribution in [3.8, 4) is 11.8 Å². The van der Waals surface area contributed by atoms with Gasteiger partial charge in [-0.1, -0.05) is 41.8 Å². The minimum atomic E-state index is 0.387. The third kappa shape index (κ3) is 4.58. The van der Waals surface area contributed by atoms with Crippen LogP contribution in [0, 0.1) is 17.8 Å². The number of aromatic nitrogens is 2. The molecule has 1 aromatic heterocycles. The lowest BCUT2D eigenvalue weighted by atomic mass is 10.1. The van der Waals surface area contributed by atoms with E-state index in [0.717, 1.165) is 16.8 Å². The van der Waals surface area contributed by atoms with Gasteiger partial charge >= 0.3 is 0 Å². The van der Waals surface area contributed by atoms with Gasteiger partial charge in [0.2, 0.25) is 0 Å². The number of oxime groups is 1. The lowest BCUT2D eigenvalue weighted by molar-refractivity contribution is 0.174. The number of hydrogen-bond donors (Lipinski definition) is 0. The van der Waals surface area contributed by atoms with Crippen LogP contribution in [0.4, 0.5) is 0 Å². The highest BCUT2D eigenvalue weighted by atomic mass is 16.6. The van der Waals surface area contributed by atoms with Gasteiger partial charge in [-0.2, -0.15) is 0 Å². The first-order valence-electron chi connectivity index (χ1n) is 7.72. The Hall–Kier alpha value is -2.80. The first-order valence-corrected chi connectivity index (χ1v) is 7.72. The summed E-state index contributed by atoms with van der Waals surface area (Å²) in [4.78, 5) is 9.33. The van der Waals surface area contributed by atoms with Crippen molar-refractivity contribution < 1.29 is 4.84 Å². The van der Waals surface area contributed by atoms with E-state index in [4.69, 9.17) is 4.84 Å². The minimum absolute atomic E-state index is 0.387. The van der Waals surface area contributed by atoms with Crippen molar-refractivity contribution in [2.45, 2.75) is 19.4 Å². The van der Waals surface area contributed by atoms with Crippen LogP contribution in [0.3, 0.4) is 0 Å². The molecule has 1 aromatic carbocycles. The highest BCUT2D eigenvalue weighted by molar-refractivity contribution is 6.00. The highest BCUT2D eigenvalue weighted by Crippen LogP contribution is 2.27. The maximum atomic E-state index is 5.27. The molecule has 1 aliphatic carbocycles. The predicted octanol–water partition coefficient (Wildman–Crippen LogP) is 3.25. The summed E-state index contributed by atoms with van der Waals surface area (Å²) in [5, 5.41) is 4.23. The summed E-state index contributed by atoms with van der Waals surface area (Å²) < 4.78 is 1.96. The lowest BCUT2D eigenvalue weighted by Crippen LogP contribution is -2.11. The highest BCUT2D eigenvalue weighted by Gasteiger charge is 2.17. The van der Waals surface area contributed by atoms with Gasteiger partial charge < -0.3 is 9.40 Å². The molecule has 23 heavy (non-hydrogen) atoms. The van der Waals surface area contributed by atoms with Crippen LogP contribution in [-0.4, -0.2) is 21.9 Å². The monoisotopic (exact) mass is 305 g/mol. The number of nitrogens with zero attached hydrogens (tertiary/aromatic N) is 3. The Morgan fingerprint density at radius 1 is 1.39 bits per heavy atom. The van der Waals surface area contributed by atoms with E-state index in [0.29, 0.717) is 19.1 Å². The van der Waals surface area contributed by atoms with Crippen molar-refractivity contribution in [1.82, 2.24) is 9.55 Å². The molecule has 2 aromatic rings. The van der Waals surface area contributed by atoms with Crippen LogP contribution in [-0.2, 0) is 11.4 Å². The zero-order valence-corrected chi connectivity index (χ0v) is 13.0. The molecule has 4 nitrogen and oxygen atoms in total. The molecule has 1 saturated carbocycles. The maximum absolute atomic E-state index is 5.27. The predicted molar refractivity (Wildman–Crippen MR) is 91.0 cm³/mol. The molecule has 0 radical (unpaired) electrons. The first-order chi connectivity index (χ1) is 11.3. The fraction of sp³-hybridized carbons (Fsp3) is 0.263. The largest absolute Gasteiger partial charge is 0.391 e. The molecule has 3 rings (SSSR count). The summed E-state index contributed by atoms with van der Waals surface area (Å²) in [6.45, 7) is 4.62. The smallest absolute Gasteiger partial charge is 0.135 e. The molecule has 0 N–H and O–H groups in total. The molecular weight excluding hydrogens is 286 g/mol. The van der Waals surface area contributed by atoms with E-state index < -0.39 is 0 Å². The molecule has 0 amide bonds. The molecule has 116 valence electrons. The first kappa shape index (κ1) is 15.1. The van der Waals surface area contributed by atoms with Crippen molar-refractivity contribution in [3.63, 3.8) is 0 Å². The maximum Gasteiger partial charge on any atom is 0.135 e. The molecule has 1 aliphatic rings. The van der Waals surface area contributed by atoms with Gasteiger partial charge in [0.1, 0.15) is 12.3 Å². The zero-order chi connectivity index (χ0) is 15.9. The van der Waals surface area contributed by atoms with E-state index in [2.05, 4.69) is 28.6 Å². The van der Waals surface area contributed by atoms with Gasteiger partial charge in [-0.25, -0.2) is 4.98 Å². The van der Waals surface area contributed by atoms with Gasteiger partial charge in [0.15, 0.2) is 0 Å². The van der Waals surface area contributed by atoms with E-state index in [9.17, 15) is 0 Å². The summed E-state index contributed by atoms with van der Waals surface area (Å²) in [6.07, 6.45) is 9.57. The van der Waals surface area contributed by atoms with Crippen LogP contribution < -0.4 is 0 Å².